The number of hydrogen-bond donors (Lipinski definition) is 1. The minimum Gasteiger partial charge on any atom is -0.444 e. The van der Waals surface area contributed by atoms with Crippen LogP contribution in [0.3, 0.4) is 0 Å². The number of amides is 2. The maximum atomic E-state index is 15.3. The van der Waals surface area contributed by atoms with E-state index >= 15 is 4.39 Å². The van der Waals surface area contributed by atoms with Crippen molar-refractivity contribution in [1.82, 2.24) is 9.47 Å². The largest absolute Gasteiger partial charge is 0.444 e. The van der Waals surface area contributed by atoms with Gasteiger partial charge in [-0.3, -0.25) is 9.47 Å². The average molecular weight is 445 g/mol. The molecule has 2 N–H and O–H groups in total. The van der Waals surface area contributed by atoms with Crippen molar-refractivity contribution in [2.75, 3.05) is 0 Å². The fraction of sp³-hybridized carbons (Fsp3) is 0.231. The summed E-state index contributed by atoms with van der Waals surface area (Å²) in [5, 5.41) is 1.38. The van der Waals surface area contributed by atoms with Gasteiger partial charge in [-0.25, -0.2) is 14.0 Å². The van der Waals surface area contributed by atoms with E-state index in [1.807, 2.05) is 57.2 Å². The Morgan fingerprint density at radius 3 is 2.42 bits per heavy atom. The number of carbonyl (C=O) groups is 2. The Morgan fingerprint density at radius 1 is 0.970 bits per heavy atom. The molecule has 0 fully saturated rings. The van der Waals surface area contributed by atoms with Gasteiger partial charge in [0.2, 0.25) is 0 Å². The zero-order valence-electron chi connectivity index (χ0n) is 18.7. The number of primary amides is 1. The van der Waals surface area contributed by atoms with Crippen LogP contribution in [-0.4, -0.2) is 27.2 Å². The Kier molecular flexibility index (Phi) is 4.67. The van der Waals surface area contributed by atoms with Gasteiger partial charge >= 0.3 is 12.1 Å². The monoisotopic (exact) mass is 445 g/mol. The fourth-order valence-electron chi connectivity index (χ4n) is 4.56. The molecule has 2 amide bonds. The van der Waals surface area contributed by atoms with E-state index in [9.17, 15) is 9.59 Å². The van der Waals surface area contributed by atoms with Crippen LogP contribution in [0.25, 0.3) is 32.9 Å². The molecule has 33 heavy (non-hydrogen) atoms. The molecule has 0 radical (unpaired) electrons. The number of ether oxygens (including phenoxy) is 1. The summed E-state index contributed by atoms with van der Waals surface area (Å²) in [5.74, 6) is -0.392. The van der Waals surface area contributed by atoms with Crippen molar-refractivity contribution in [3.05, 3.63) is 71.5 Å². The lowest BCUT2D eigenvalue weighted by atomic mass is 9.96. The van der Waals surface area contributed by atoms with Crippen LogP contribution in [0.5, 0.6) is 0 Å². The van der Waals surface area contributed by atoms with Gasteiger partial charge in [-0.15, -0.1) is 0 Å². The first-order valence-corrected chi connectivity index (χ1v) is 10.8. The van der Waals surface area contributed by atoms with E-state index in [1.54, 1.807) is 17.0 Å². The number of rotatable bonds is 1. The van der Waals surface area contributed by atoms with Gasteiger partial charge < -0.3 is 10.5 Å². The Bertz CT molecular complexity index is 1450. The number of nitrogens with two attached hydrogens (primary N) is 1. The quantitative estimate of drug-likeness (QED) is 0.404. The highest BCUT2D eigenvalue weighted by Gasteiger charge is 2.28. The van der Waals surface area contributed by atoms with Crippen LogP contribution in [0.15, 0.2) is 54.6 Å². The second kappa shape index (κ2) is 7.33. The van der Waals surface area contributed by atoms with Gasteiger partial charge in [0.1, 0.15) is 11.4 Å². The van der Waals surface area contributed by atoms with Crippen LogP contribution in [0.2, 0.25) is 0 Å². The third-order valence-electron chi connectivity index (χ3n) is 5.88. The van der Waals surface area contributed by atoms with Crippen molar-refractivity contribution >= 4 is 33.9 Å². The molecule has 6 nitrogen and oxygen atoms in total. The number of halogens is 1. The summed E-state index contributed by atoms with van der Waals surface area (Å²) in [7, 11) is 0. The van der Waals surface area contributed by atoms with Crippen molar-refractivity contribution in [2.24, 2.45) is 5.73 Å². The molecule has 1 aliphatic rings. The minimum absolute atomic E-state index is 0.377. The molecule has 0 aliphatic carbocycles. The van der Waals surface area contributed by atoms with E-state index in [0.29, 0.717) is 40.6 Å². The molecule has 1 aliphatic heterocycles. The second-order valence-corrected chi connectivity index (χ2v) is 9.33. The lowest BCUT2D eigenvalue weighted by Gasteiger charge is -2.24. The predicted octanol–water partition coefficient (Wildman–Crippen LogP) is 5.78. The molecule has 0 spiro atoms. The zero-order chi connectivity index (χ0) is 23.5. The molecule has 0 saturated carbocycles. The first-order valence-electron chi connectivity index (χ1n) is 10.8. The molecule has 0 atom stereocenters. The van der Waals surface area contributed by atoms with E-state index < -0.39 is 17.4 Å². The van der Waals surface area contributed by atoms with Crippen molar-refractivity contribution in [2.45, 2.75) is 39.5 Å². The number of hydrogen-bond acceptors (Lipinski definition) is 3. The first kappa shape index (κ1) is 21.0. The molecule has 0 unspecified atom stereocenters. The number of nitrogens with zero attached hydrogens (tertiary/aromatic N) is 2. The Morgan fingerprint density at radius 2 is 1.70 bits per heavy atom. The zero-order valence-corrected chi connectivity index (χ0v) is 18.7. The Hall–Kier alpha value is -3.87. The van der Waals surface area contributed by atoms with Crippen LogP contribution < -0.4 is 5.73 Å². The Balaban J connectivity index is 1.63. The lowest BCUT2D eigenvalue weighted by Crippen LogP contribution is -2.33. The highest BCUT2D eigenvalue weighted by Crippen LogP contribution is 2.39. The summed E-state index contributed by atoms with van der Waals surface area (Å²) in [6, 6.07) is 15.3. The minimum atomic E-state index is -0.624. The first-order chi connectivity index (χ1) is 15.6. The molecule has 3 aromatic carbocycles. The maximum absolute atomic E-state index is 15.3. The highest BCUT2D eigenvalue weighted by atomic mass is 19.1. The molecular formula is C26H24FN3O3. The van der Waals surface area contributed by atoms with Crippen molar-refractivity contribution in [1.29, 1.82) is 0 Å². The number of para-hydroxylation sites is 1. The fourth-order valence-corrected chi connectivity index (χ4v) is 4.56. The molecule has 4 aromatic rings. The standard InChI is InChI=1S/C26H24FN3O3/c1-26(2,3)33-25(32)29-13-16-9-8-15(12-17(16)14-29)22-19(27)10-11-21-23(22)18-6-4-5-7-20(18)30(21)24(28)31/h4-12H,13-14H2,1-3H3,(H2,28,31). The molecule has 0 bridgehead atoms. The van der Waals surface area contributed by atoms with Gasteiger partial charge in [0, 0.05) is 29.4 Å². The number of benzene rings is 3. The predicted molar refractivity (Wildman–Crippen MR) is 125 cm³/mol. The summed E-state index contributed by atoms with van der Waals surface area (Å²) in [5.41, 5.74) is 9.28. The van der Waals surface area contributed by atoms with E-state index in [0.717, 1.165) is 16.5 Å². The summed E-state index contributed by atoms with van der Waals surface area (Å²) in [6.07, 6.45) is -0.377. The number of aromatic nitrogens is 1. The van der Waals surface area contributed by atoms with Crippen LogP contribution in [0.1, 0.15) is 31.9 Å². The number of fused-ring (bicyclic) bond motifs is 4. The molecule has 1 aromatic heterocycles. The van der Waals surface area contributed by atoms with Crippen LogP contribution in [0.4, 0.5) is 14.0 Å². The Labute approximate surface area is 190 Å². The van der Waals surface area contributed by atoms with E-state index in [4.69, 9.17) is 10.5 Å². The van der Waals surface area contributed by atoms with Gasteiger partial charge in [0.25, 0.3) is 0 Å². The van der Waals surface area contributed by atoms with Crippen LogP contribution >= 0.6 is 0 Å². The van der Waals surface area contributed by atoms with Gasteiger partial charge in [0.15, 0.2) is 0 Å². The van der Waals surface area contributed by atoms with Crippen molar-refractivity contribution in [3.63, 3.8) is 0 Å². The summed E-state index contributed by atoms with van der Waals surface area (Å²) < 4.78 is 22.2. The second-order valence-electron chi connectivity index (χ2n) is 9.33. The topological polar surface area (TPSA) is 77.6 Å². The highest BCUT2D eigenvalue weighted by molar-refractivity contribution is 6.18. The summed E-state index contributed by atoms with van der Waals surface area (Å²) >= 11 is 0. The SMILES string of the molecule is CC(C)(C)OC(=O)N1Cc2ccc(-c3c(F)ccc4c3c3ccccc3n4C(N)=O)cc2C1. The third kappa shape index (κ3) is 3.50. The molecule has 0 saturated heterocycles. The van der Waals surface area contributed by atoms with Gasteiger partial charge in [-0.1, -0.05) is 30.3 Å². The van der Waals surface area contributed by atoms with Crippen LogP contribution in [-0.2, 0) is 17.8 Å². The maximum Gasteiger partial charge on any atom is 0.410 e. The average Bonchev–Trinajstić information content (AvgIpc) is 3.31. The lowest BCUT2D eigenvalue weighted by molar-refractivity contribution is 0.0242. The van der Waals surface area contributed by atoms with Gasteiger partial charge in [-0.2, -0.15) is 0 Å². The summed E-state index contributed by atoms with van der Waals surface area (Å²) in [6.45, 7) is 6.32. The molecule has 168 valence electrons. The van der Waals surface area contributed by atoms with Gasteiger partial charge in [0.05, 0.1) is 11.0 Å². The molecule has 5 rings (SSSR count). The molecule has 2 heterocycles. The number of carbonyl (C=O) groups excluding carboxylic acids is 2. The van der Waals surface area contributed by atoms with E-state index in [1.165, 1.54) is 10.6 Å². The molecular weight excluding hydrogens is 421 g/mol. The summed E-state index contributed by atoms with van der Waals surface area (Å²) in [4.78, 5) is 26.4. The van der Waals surface area contributed by atoms with E-state index in [2.05, 4.69) is 0 Å². The van der Waals surface area contributed by atoms with Crippen molar-refractivity contribution in [3.8, 4) is 11.1 Å². The van der Waals surface area contributed by atoms with Crippen LogP contribution in [0, 0.1) is 5.82 Å². The molecule has 7 heteroatoms. The van der Waals surface area contributed by atoms with Crippen molar-refractivity contribution < 1.29 is 18.7 Å². The smallest absolute Gasteiger partial charge is 0.410 e. The normalized spacial score (nSPS) is 13.5. The third-order valence-corrected chi connectivity index (χ3v) is 5.88. The van der Waals surface area contributed by atoms with Gasteiger partial charge in [-0.05, 0) is 61.7 Å². The van der Waals surface area contributed by atoms with E-state index in [-0.39, 0.29) is 6.09 Å².